The highest BCUT2D eigenvalue weighted by Crippen LogP contribution is 2.14. The summed E-state index contributed by atoms with van der Waals surface area (Å²) in [5, 5.41) is 10.0. The first kappa shape index (κ1) is 7.72. The van der Waals surface area contributed by atoms with Crippen molar-refractivity contribution in [3.63, 3.8) is 0 Å². The van der Waals surface area contributed by atoms with E-state index in [1.807, 2.05) is 0 Å². The summed E-state index contributed by atoms with van der Waals surface area (Å²) in [4.78, 5) is 10.0. The van der Waals surface area contributed by atoms with Crippen molar-refractivity contribution >= 4 is 5.97 Å². The number of carbonyl (C=O) groups is 1. The van der Waals surface area contributed by atoms with Crippen molar-refractivity contribution in [1.29, 1.82) is 0 Å². The molecule has 1 rings (SSSR count). The highest BCUT2D eigenvalue weighted by Gasteiger charge is 2.08. The van der Waals surface area contributed by atoms with Gasteiger partial charge >= 0.3 is 0 Å². The van der Waals surface area contributed by atoms with Crippen LogP contribution in [-0.2, 0) is 4.79 Å². The number of hydrogen-bond acceptors (Lipinski definition) is 2. The molecule has 0 aromatic heterocycles. The molecule has 0 fully saturated rings. The van der Waals surface area contributed by atoms with Crippen LogP contribution >= 0.6 is 0 Å². The number of carbonyl (C=O) groups excluding carboxylic acids is 1. The second-order valence-electron chi connectivity index (χ2n) is 2.09. The van der Waals surface area contributed by atoms with Crippen LogP contribution in [0.5, 0.6) is 0 Å². The molecule has 0 aliphatic carbocycles. The summed E-state index contributed by atoms with van der Waals surface area (Å²) < 4.78 is 12.6. The largest absolute Gasteiger partial charge is 0.547 e. The van der Waals surface area contributed by atoms with Crippen LogP contribution in [0.2, 0.25) is 0 Å². The topological polar surface area (TPSA) is 40.1 Å². The molecule has 0 amide bonds. The van der Waals surface area contributed by atoms with Gasteiger partial charge in [-0.25, -0.2) is 4.39 Å². The predicted octanol–water partition coefficient (Wildman–Crippen LogP) is 0.447. The Balaban J connectivity index is 2.85. The minimum Gasteiger partial charge on any atom is -0.547 e. The van der Waals surface area contributed by atoms with Crippen molar-refractivity contribution in [2.75, 3.05) is 0 Å². The maximum atomic E-state index is 12.6. The van der Waals surface area contributed by atoms with Gasteiger partial charge in [0.25, 0.3) is 0 Å². The van der Waals surface area contributed by atoms with Gasteiger partial charge in [-0.05, 0) is 5.56 Å². The van der Waals surface area contributed by atoms with Crippen LogP contribution in [0.4, 0.5) is 4.39 Å². The molecule has 1 aromatic rings. The minimum absolute atomic E-state index is 0.118. The number of carboxylic acid groups (broad SMARTS) is 1. The van der Waals surface area contributed by atoms with Crippen molar-refractivity contribution in [2.24, 2.45) is 0 Å². The standard InChI is InChI=1S/C8H7FO2/c9-7(8(10)11)6-4-2-1-3-5-6/h1-5,7H,(H,10,11)/p-1/t7-/m0/s1. The van der Waals surface area contributed by atoms with Gasteiger partial charge in [0.05, 0.1) is 5.97 Å². The number of rotatable bonds is 2. The van der Waals surface area contributed by atoms with Crippen molar-refractivity contribution in [3.05, 3.63) is 35.9 Å². The number of benzene rings is 1. The summed E-state index contributed by atoms with van der Waals surface area (Å²) in [6.45, 7) is 0. The van der Waals surface area contributed by atoms with Crippen LogP contribution in [0, 0.1) is 0 Å². The summed E-state index contributed by atoms with van der Waals surface area (Å²) in [5.74, 6) is -1.70. The maximum absolute atomic E-state index is 12.6. The minimum atomic E-state index is -2.02. The summed E-state index contributed by atoms with van der Waals surface area (Å²) in [7, 11) is 0. The van der Waals surface area contributed by atoms with Crippen LogP contribution in [-0.4, -0.2) is 5.97 Å². The maximum Gasteiger partial charge on any atom is 0.164 e. The fourth-order valence-electron chi connectivity index (χ4n) is 0.758. The highest BCUT2D eigenvalue weighted by atomic mass is 19.1. The van der Waals surface area contributed by atoms with E-state index in [0.29, 0.717) is 0 Å². The summed E-state index contributed by atoms with van der Waals surface area (Å²) in [6.07, 6.45) is -2.02. The number of alkyl halides is 1. The monoisotopic (exact) mass is 153 g/mol. The number of aliphatic carboxylic acids is 1. The number of hydrogen-bond donors (Lipinski definition) is 0. The molecule has 0 saturated carbocycles. The van der Waals surface area contributed by atoms with Gasteiger partial charge in [0, 0.05) is 0 Å². The second kappa shape index (κ2) is 3.14. The molecule has 0 spiro atoms. The van der Waals surface area contributed by atoms with Crippen LogP contribution in [0.15, 0.2) is 30.3 Å². The normalized spacial score (nSPS) is 12.5. The molecule has 2 nitrogen and oxygen atoms in total. The van der Waals surface area contributed by atoms with Gasteiger partial charge in [-0.3, -0.25) is 0 Å². The summed E-state index contributed by atoms with van der Waals surface area (Å²) in [5.41, 5.74) is 0.118. The highest BCUT2D eigenvalue weighted by molar-refractivity contribution is 5.71. The molecule has 0 radical (unpaired) electrons. The predicted molar refractivity (Wildman–Crippen MR) is 35.3 cm³/mol. The zero-order valence-corrected chi connectivity index (χ0v) is 5.66. The fraction of sp³-hybridized carbons (Fsp3) is 0.125. The van der Waals surface area contributed by atoms with E-state index >= 15 is 0 Å². The van der Waals surface area contributed by atoms with Crippen LogP contribution in [0.1, 0.15) is 11.7 Å². The lowest BCUT2D eigenvalue weighted by Gasteiger charge is -2.07. The smallest absolute Gasteiger partial charge is 0.164 e. The Hall–Kier alpha value is -1.38. The Labute approximate surface area is 63.3 Å². The second-order valence-corrected chi connectivity index (χ2v) is 2.09. The molecule has 0 aliphatic rings. The molecule has 0 aliphatic heterocycles. The van der Waals surface area contributed by atoms with E-state index in [1.165, 1.54) is 12.1 Å². The van der Waals surface area contributed by atoms with Gasteiger partial charge in [0.15, 0.2) is 6.17 Å². The van der Waals surface area contributed by atoms with E-state index in [-0.39, 0.29) is 5.56 Å². The van der Waals surface area contributed by atoms with E-state index < -0.39 is 12.1 Å². The molecule has 3 heteroatoms. The Bertz CT molecular complexity index is 246. The molecule has 1 atom stereocenters. The quantitative estimate of drug-likeness (QED) is 0.618. The van der Waals surface area contributed by atoms with Crippen LogP contribution in [0.25, 0.3) is 0 Å². The molecular weight excluding hydrogens is 147 g/mol. The van der Waals surface area contributed by atoms with Gasteiger partial charge in [-0.2, -0.15) is 0 Å². The third-order valence-electron chi connectivity index (χ3n) is 1.30. The zero-order valence-electron chi connectivity index (χ0n) is 5.66. The first-order valence-corrected chi connectivity index (χ1v) is 3.11. The first-order chi connectivity index (χ1) is 5.22. The molecule has 0 bridgehead atoms. The van der Waals surface area contributed by atoms with E-state index in [4.69, 9.17) is 0 Å². The zero-order chi connectivity index (χ0) is 8.27. The summed E-state index contributed by atoms with van der Waals surface area (Å²) in [6, 6.07) is 7.64. The van der Waals surface area contributed by atoms with Crippen molar-refractivity contribution in [1.82, 2.24) is 0 Å². The van der Waals surface area contributed by atoms with E-state index in [1.54, 1.807) is 18.2 Å². The molecule has 58 valence electrons. The van der Waals surface area contributed by atoms with Gasteiger partial charge < -0.3 is 9.90 Å². The van der Waals surface area contributed by atoms with Crippen molar-refractivity contribution < 1.29 is 14.3 Å². The van der Waals surface area contributed by atoms with E-state index in [0.717, 1.165) is 0 Å². The molecular formula is C8H6FO2-. The molecule has 0 heterocycles. The third-order valence-corrected chi connectivity index (χ3v) is 1.30. The number of halogens is 1. The molecule has 0 saturated heterocycles. The Morgan fingerprint density at radius 1 is 1.36 bits per heavy atom. The van der Waals surface area contributed by atoms with Crippen LogP contribution < -0.4 is 5.11 Å². The third kappa shape index (κ3) is 1.77. The summed E-state index contributed by atoms with van der Waals surface area (Å²) >= 11 is 0. The molecule has 0 unspecified atom stereocenters. The average Bonchev–Trinajstić information content (AvgIpc) is 2.05. The van der Waals surface area contributed by atoms with E-state index in [2.05, 4.69) is 0 Å². The number of carboxylic acids is 1. The van der Waals surface area contributed by atoms with Gasteiger partial charge in [-0.1, -0.05) is 30.3 Å². The van der Waals surface area contributed by atoms with Crippen molar-refractivity contribution in [2.45, 2.75) is 6.17 Å². The Morgan fingerprint density at radius 2 is 1.91 bits per heavy atom. The first-order valence-electron chi connectivity index (χ1n) is 3.11. The lowest BCUT2D eigenvalue weighted by atomic mass is 10.1. The fourth-order valence-corrected chi connectivity index (χ4v) is 0.758. The van der Waals surface area contributed by atoms with Crippen molar-refractivity contribution in [3.8, 4) is 0 Å². The SMILES string of the molecule is O=C([O-])[C@@H](F)c1ccccc1. The van der Waals surface area contributed by atoms with E-state index in [9.17, 15) is 14.3 Å². The van der Waals surface area contributed by atoms with Gasteiger partial charge in [0.2, 0.25) is 0 Å². The Kier molecular flexibility index (Phi) is 2.21. The molecule has 0 N–H and O–H groups in total. The van der Waals surface area contributed by atoms with Gasteiger partial charge in [-0.15, -0.1) is 0 Å². The lowest BCUT2D eigenvalue weighted by Crippen LogP contribution is -2.27. The van der Waals surface area contributed by atoms with Crippen LogP contribution in [0.3, 0.4) is 0 Å². The van der Waals surface area contributed by atoms with Gasteiger partial charge in [0.1, 0.15) is 0 Å². The lowest BCUT2D eigenvalue weighted by molar-refractivity contribution is -0.312. The Morgan fingerprint density at radius 3 is 2.36 bits per heavy atom. The molecule has 1 aromatic carbocycles. The molecule has 11 heavy (non-hydrogen) atoms. The average molecular weight is 153 g/mol.